The zero-order valence-corrected chi connectivity index (χ0v) is 6.10. The summed E-state index contributed by atoms with van der Waals surface area (Å²) in [6, 6.07) is 0. The SMILES string of the molecule is O=[N+]([O-])C1=CC=C([N+](=O)[O-])CC1. The second-order valence-corrected chi connectivity index (χ2v) is 2.33. The van der Waals surface area contributed by atoms with E-state index in [4.69, 9.17) is 0 Å². The highest BCUT2D eigenvalue weighted by molar-refractivity contribution is 5.16. The summed E-state index contributed by atoms with van der Waals surface area (Å²) in [5, 5.41) is 20.3. The van der Waals surface area contributed by atoms with Crippen molar-refractivity contribution in [1.82, 2.24) is 0 Å². The molecule has 12 heavy (non-hydrogen) atoms. The molecule has 0 saturated heterocycles. The van der Waals surface area contributed by atoms with Gasteiger partial charge in [0.1, 0.15) is 0 Å². The van der Waals surface area contributed by atoms with Crippen LogP contribution in [-0.4, -0.2) is 9.85 Å². The maximum Gasteiger partial charge on any atom is 0.247 e. The molecule has 0 radical (unpaired) electrons. The number of nitro groups is 2. The summed E-state index contributed by atoms with van der Waals surface area (Å²) < 4.78 is 0. The molecular formula is C6H6N2O4. The van der Waals surface area contributed by atoms with Crippen molar-refractivity contribution in [1.29, 1.82) is 0 Å². The van der Waals surface area contributed by atoms with Gasteiger partial charge in [-0.2, -0.15) is 0 Å². The summed E-state index contributed by atoms with van der Waals surface area (Å²) in [5.41, 5.74) is 0.0567. The second-order valence-electron chi connectivity index (χ2n) is 2.33. The molecule has 0 bridgehead atoms. The molecular weight excluding hydrogens is 164 g/mol. The first kappa shape index (κ1) is 8.38. The van der Waals surface area contributed by atoms with Gasteiger partial charge < -0.3 is 0 Å². The average Bonchev–Trinajstić information content (AvgIpc) is 2.04. The first-order valence-electron chi connectivity index (χ1n) is 3.30. The normalized spacial score (nSPS) is 16.3. The van der Waals surface area contributed by atoms with Crippen molar-refractivity contribution in [3.05, 3.63) is 43.8 Å². The van der Waals surface area contributed by atoms with Crippen LogP contribution in [-0.2, 0) is 0 Å². The van der Waals surface area contributed by atoms with Gasteiger partial charge in [-0.1, -0.05) is 0 Å². The lowest BCUT2D eigenvalue weighted by atomic mass is 10.1. The van der Waals surface area contributed by atoms with Gasteiger partial charge in [0.15, 0.2) is 0 Å². The van der Waals surface area contributed by atoms with Gasteiger partial charge in [-0.05, 0) is 0 Å². The molecule has 6 nitrogen and oxygen atoms in total. The van der Waals surface area contributed by atoms with Crippen molar-refractivity contribution >= 4 is 0 Å². The van der Waals surface area contributed by atoms with Crippen LogP contribution in [0.5, 0.6) is 0 Å². The van der Waals surface area contributed by atoms with Gasteiger partial charge >= 0.3 is 0 Å². The van der Waals surface area contributed by atoms with Gasteiger partial charge in [-0.15, -0.1) is 0 Å². The fourth-order valence-electron chi connectivity index (χ4n) is 0.919. The van der Waals surface area contributed by atoms with Crippen LogP contribution in [0.1, 0.15) is 12.8 Å². The van der Waals surface area contributed by atoms with Crippen molar-refractivity contribution in [2.75, 3.05) is 0 Å². The van der Waals surface area contributed by atoms with Crippen LogP contribution in [0.4, 0.5) is 0 Å². The zero-order valence-electron chi connectivity index (χ0n) is 6.10. The molecule has 64 valence electrons. The Labute approximate surface area is 67.5 Å². The van der Waals surface area contributed by atoms with Crippen molar-refractivity contribution in [3.8, 4) is 0 Å². The minimum Gasteiger partial charge on any atom is -0.259 e. The van der Waals surface area contributed by atoms with Gasteiger partial charge in [0.2, 0.25) is 11.4 Å². The number of hydrogen-bond donors (Lipinski definition) is 0. The van der Waals surface area contributed by atoms with Gasteiger partial charge in [-0.25, -0.2) is 0 Å². The highest BCUT2D eigenvalue weighted by Crippen LogP contribution is 2.18. The Kier molecular flexibility index (Phi) is 2.18. The predicted molar refractivity (Wildman–Crippen MR) is 39.4 cm³/mol. The molecule has 6 heteroatoms. The third kappa shape index (κ3) is 1.66. The molecule has 1 aliphatic carbocycles. The van der Waals surface area contributed by atoms with Crippen molar-refractivity contribution in [2.45, 2.75) is 12.8 Å². The van der Waals surface area contributed by atoms with Gasteiger partial charge in [0.25, 0.3) is 0 Å². The predicted octanol–water partition coefficient (Wildman–Crippen LogP) is 1.10. The molecule has 0 aromatic heterocycles. The molecule has 0 saturated carbocycles. The highest BCUT2D eigenvalue weighted by atomic mass is 16.6. The van der Waals surface area contributed by atoms with Crippen LogP contribution < -0.4 is 0 Å². The van der Waals surface area contributed by atoms with E-state index >= 15 is 0 Å². The zero-order chi connectivity index (χ0) is 9.14. The Morgan fingerprint density at radius 2 is 1.33 bits per heavy atom. The Hall–Kier alpha value is -1.72. The summed E-state index contributed by atoms with van der Waals surface area (Å²) in [6.07, 6.45) is 2.64. The van der Waals surface area contributed by atoms with Crippen LogP contribution in [0, 0.1) is 20.2 Å². The van der Waals surface area contributed by atoms with E-state index in [-0.39, 0.29) is 24.2 Å². The van der Waals surface area contributed by atoms with E-state index in [2.05, 4.69) is 0 Å². The number of rotatable bonds is 2. The van der Waals surface area contributed by atoms with Crippen molar-refractivity contribution in [3.63, 3.8) is 0 Å². The number of nitrogens with zero attached hydrogens (tertiary/aromatic N) is 2. The molecule has 0 atom stereocenters. The molecule has 1 aliphatic rings. The van der Waals surface area contributed by atoms with E-state index in [1.54, 1.807) is 0 Å². The van der Waals surface area contributed by atoms with E-state index in [1.807, 2.05) is 0 Å². The Morgan fingerprint density at radius 1 is 1.00 bits per heavy atom. The molecule has 0 heterocycles. The molecule has 0 spiro atoms. The lowest BCUT2D eigenvalue weighted by molar-refractivity contribution is -0.439. The number of hydrogen-bond acceptors (Lipinski definition) is 4. The topological polar surface area (TPSA) is 86.3 Å². The average molecular weight is 170 g/mol. The maximum atomic E-state index is 10.2. The molecule has 1 rings (SSSR count). The Balaban J connectivity index is 2.80. The lowest BCUT2D eigenvalue weighted by Gasteiger charge is -2.01. The first-order chi connectivity index (χ1) is 5.61. The van der Waals surface area contributed by atoms with E-state index in [0.29, 0.717) is 0 Å². The van der Waals surface area contributed by atoms with E-state index in [0.717, 1.165) is 0 Å². The maximum absolute atomic E-state index is 10.2. The Bertz CT molecular complexity index is 262. The first-order valence-corrected chi connectivity index (χ1v) is 3.30. The number of allylic oxidation sites excluding steroid dienone is 4. The molecule has 0 unspecified atom stereocenters. The van der Waals surface area contributed by atoms with E-state index < -0.39 is 9.85 Å². The van der Waals surface area contributed by atoms with Crippen molar-refractivity contribution < 1.29 is 9.85 Å². The van der Waals surface area contributed by atoms with Crippen LogP contribution in [0.3, 0.4) is 0 Å². The molecule has 0 fully saturated rings. The van der Waals surface area contributed by atoms with E-state index in [1.165, 1.54) is 12.2 Å². The molecule has 0 aliphatic heterocycles. The summed E-state index contributed by atoms with van der Waals surface area (Å²) in [5.74, 6) is 0. The van der Waals surface area contributed by atoms with Crippen LogP contribution in [0.25, 0.3) is 0 Å². The largest absolute Gasteiger partial charge is 0.259 e. The minimum absolute atomic E-state index is 0.0283. The highest BCUT2D eigenvalue weighted by Gasteiger charge is 2.20. The van der Waals surface area contributed by atoms with Gasteiger partial charge in [0.05, 0.1) is 9.85 Å². The monoisotopic (exact) mass is 170 g/mol. The fourth-order valence-corrected chi connectivity index (χ4v) is 0.919. The molecule has 0 amide bonds. The van der Waals surface area contributed by atoms with Crippen LogP contribution in [0.15, 0.2) is 23.5 Å². The standard InChI is InChI=1S/C6H6N2O4/c9-7(10)5-1-2-6(4-3-5)8(11)12/h1-2H,3-4H2. The lowest BCUT2D eigenvalue weighted by Crippen LogP contribution is -2.07. The van der Waals surface area contributed by atoms with E-state index in [9.17, 15) is 20.2 Å². The van der Waals surface area contributed by atoms with Crippen LogP contribution >= 0.6 is 0 Å². The molecule has 0 aromatic carbocycles. The van der Waals surface area contributed by atoms with Gasteiger partial charge in [-0.3, -0.25) is 20.2 Å². The third-order valence-electron chi connectivity index (χ3n) is 1.57. The summed E-state index contributed by atoms with van der Waals surface area (Å²) in [4.78, 5) is 19.3. The third-order valence-corrected chi connectivity index (χ3v) is 1.57. The summed E-state index contributed by atoms with van der Waals surface area (Å²) in [7, 11) is 0. The summed E-state index contributed by atoms with van der Waals surface area (Å²) >= 11 is 0. The quantitative estimate of drug-likeness (QED) is 0.458. The van der Waals surface area contributed by atoms with Crippen LogP contribution in [0.2, 0.25) is 0 Å². The second kappa shape index (κ2) is 3.12. The minimum atomic E-state index is -0.521. The smallest absolute Gasteiger partial charge is 0.247 e. The fraction of sp³-hybridized carbons (Fsp3) is 0.333. The van der Waals surface area contributed by atoms with Crippen molar-refractivity contribution in [2.24, 2.45) is 0 Å². The summed E-state index contributed by atoms with van der Waals surface area (Å²) in [6.45, 7) is 0. The Morgan fingerprint density at radius 3 is 1.50 bits per heavy atom. The van der Waals surface area contributed by atoms with Gasteiger partial charge in [0, 0.05) is 25.0 Å². The molecule has 0 aromatic rings. The molecule has 0 N–H and O–H groups in total.